The van der Waals surface area contributed by atoms with Gasteiger partial charge in [-0.2, -0.15) is 0 Å². The molecule has 0 aliphatic heterocycles. The second kappa shape index (κ2) is 22.8. The second-order valence-electron chi connectivity index (χ2n) is 8.54. The minimum absolute atomic E-state index is 0.0230. The molecule has 8 nitrogen and oxygen atoms in total. The number of rotatable bonds is 9. The van der Waals surface area contributed by atoms with Crippen molar-refractivity contribution in [3.63, 3.8) is 0 Å². The number of benzene rings is 2. The summed E-state index contributed by atoms with van der Waals surface area (Å²) in [6, 6.07) is 16.7. The van der Waals surface area contributed by atoms with Gasteiger partial charge in [0.2, 0.25) is 11.8 Å². The van der Waals surface area contributed by atoms with Gasteiger partial charge < -0.3 is 22.1 Å². The lowest BCUT2D eigenvalue weighted by atomic mass is 10.0. The van der Waals surface area contributed by atoms with Crippen LogP contribution in [0.25, 0.3) is 0 Å². The van der Waals surface area contributed by atoms with E-state index in [1.165, 1.54) is 25.7 Å². The number of nitrogens with one attached hydrogen (secondary N) is 2. The highest BCUT2D eigenvalue weighted by atomic mass is 16.2. The van der Waals surface area contributed by atoms with E-state index in [2.05, 4.69) is 38.3 Å². The van der Waals surface area contributed by atoms with E-state index in [0.717, 1.165) is 0 Å². The Morgan fingerprint density at radius 2 is 1.14 bits per heavy atom. The molecule has 4 amide bonds. The normalized spacial score (nSPS) is 10.1. The third-order valence-corrected chi connectivity index (χ3v) is 4.46. The fraction of sp³-hybridized carbons (Fsp3) is 0.448. The topological polar surface area (TPSA) is 144 Å². The first-order valence-electron chi connectivity index (χ1n) is 12.8. The standard InChI is InChI=1S/C12H16N2O2.C9H10N2O2.C5H12.C3H8/c1-8(2)10(11(13)15)14-12(16)9-6-4-3-5-7-9;10-8(12)6-11-9(13)7-4-2-1-3-5-7;1-3-5-4-2;1-3-2/h3-8,10H,1-2H3,(H2,13,15)(H,14,16);1-5H,6H2,(H2,10,12)(H,11,13);3-5H2,1-2H3;3H2,1-2H3. The van der Waals surface area contributed by atoms with E-state index in [1.807, 2.05) is 26.0 Å². The Morgan fingerprint density at radius 3 is 1.43 bits per heavy atom. The number of nitrogens with two attached hydrogens (primary N) is 2. The molecule has 2 aromatic carbocycles. The highest BCUT2D eigenvalue weighted by Crippen LogP contribution is 2.04. The molecular formula is C29H46N4O4. The molecule has 0 bridgehead atoms. The summed E-state index contributed by atoms with van der Waals surface area (Å²) >= 11 is 0. The number of unbranched alkanes of at least 4 members (excludes halogenated alkanes) is 2. The molecule has 0 fully saturated rings. The van der Waals surface area contributed by atoms with Gasteiger partial charge in [0.1, 0.15) is 6.04 Å². The SMILES string of the molecule is CC(C)C(NC(=O)c1ccccc1)C(N)=O.CCC.CCCCC.NC(=O)CNC(=O)c1ccccc1. The zero-order valence-electron chi connectivity index (χ0n) is 23.3. The first-order valence-corrected chi connectivity index (χ1v) is 12.8. The summed E-state index contributed by atoms with van der Waals surface area (Å²) in [4.78, 5) is 44.4. The van der Waals surface area contributed by atoms with Crippen LogP contribution in [0.4, 0.5) is 0 Å². The lowest BCUT2D eigenvalue weighted by Gasteiger charge is -2.18. The van der Waals surface area contributed by atoms with Gasteiger partial charge in [0.15, 0.2) is 0 Å². The van der Waals surface area contributed by atoms with E-state index in [4.69, 9.17) is 11.5 Å². The number of carbonyl (C=O) groups excluding carboxylic acids is 4. The van der Waals surface area contributed by atoms with Crippen LogP contribution in [0.5, 0.6) is 0 Å². The molecule has 0 saturated carbocycles. The van der Waals surface area contributed by atoms with Gasteiger partial charge in [-0.3, -0.25) is 19.2 Å². The number of carbonyl (C=O) groups is 4. The van der Waals surface area contributed by atoms with Crippen LogP contribution >= 0.6 is 0 Å². The molecule has 1 atom stereocenters. The Hall–Kier alpha value is -3.68. The summed E-state index contributed by atoms with van der Waals surface area (Å²) in [6.07, 6.45) is 5.33. The number of amides is 4. The van der Waals surface area contributed by atoms with E-state index < -0.39 is 17.9 Å². The molecule has 6 N–H and O–H groups in total. The summed E-state index contributed by atoms with van der Waals surface area (Å²) in [5.74, 6) is -1.66. The van der Waals surface area contributed by atoms with E-state index >= 15 is 0 Å². The highest BCUT2D eigenvalue weighted by molar-refractivity contribution is 5.97. The van der Waals surface area contributed by atoms with E-state index in [1.54, 1.807) is 48.5 Å². The van der Waals surface area contributed by atoms with Crippen LogP contribution < -0.4 is 22.1 Å². The third kappa shape index (κ3) is 19.2. The van der Waals surface area contributed by atoms with Crippen molar-refractivity contribution < 1.29 is 19.2 Å². The van der Waals surface area contributed by atoms with Crippen molar-refractivity contribution in [2.24, 2.45) is 17.4 Å². The maximum atomic E-state index is 11.7. The van der Waals surface area contributed by atoms with Crippen LogP contribution in [0.2, 0.25) is 0 Å². The predicted octanol–water partition coefficient (Wildman–Crippen LogP) is 4.44. The monoisotopic (exact) mass is 514 g/mol. The van der Waals surface area contributed by atoms with E-state index in [0.29, 0.717) is 11.1 Å². The summed E-state index contributed by atoms with van der Waals surface area (Å²) in [5.41, 5.74) is 11.1. The van der Waals surface area contributed by atoms with Crippen molar-refractivity contribution in [3.8, 4) is 0 Å². The summed E-state index contributed by atoms with van der Waals surface area (Å²) < 4.78 is 0. The predicted molar refractivity (Wildman–Crippen MR) is 151 cm³/mol. The van der Waals surface area contributed by atoms with Crippen LogP contribution in [0.15, 0.2) is 60.7 Å². The Morgan fingerprint density at radius 1 is 0.730 bits per heavy atom. The number of hydrogen-bond acceptors (Lipinski definition) is 4. The quantitative estimate of drug-likeness (QED) is 0.392. The van der Waals surface area contributed by atoms with Crippen LogP contribution in [-0.4, -0.2) is 36.2 Å². The van der Waals surface area contributed by atoms with Gasteiger partial charge in [0.05, 0.1) is 6.54 Å². The van der Waals surface area contributed by atoms with Gasteiger partial charge in [-0.1, -0.05) is 104 Å². The van der Waals surface area contributed by atoms with Crippen LogP contribution in [0.3, 0.4) is 0 Å². The molecule has 0 spiro atoms. The van der Waals surface area contributed by atoms with Gasteiger partial charge in [0, 0.05) is 11.1 Å². The van der Waals surface area contributed by atoms with Crippen molar-refractivity contribution in [1.29, 1.82) is 0 Å². The minimum atomic E-state index is -0.632. The Kier molecular flexibility index (Phi) is 21.8. The second-order valence-corrected chi connectivity index (χ2v) is 8.54. The molecule has 0 saturated heterocycles. The van der Waals surface area contributed by atoms with Gasteiger partial charge in [0.25, 0.3) is 11.8 Å². The number of hydrogen-bond donors (Lipinski definition) is 4. The van der Waals surface area contributed by atoms with E-state index in [-0.39, 0.29) is 24.3 Å². The van der Waals surface area contributed by atoms with Gasteiger partial charge in [-0.15, -0.1) is 0 Å². The van der Waals surface area contributed by atoms with E-state index in [9.17, 15) is 19.2 Å². The molecule has 2 rings (SSSR count). The smallest absolute Gasteiger partial charge is 0.251 e. The van der Waals surface area contributed by atoms with Gasteiger partial charge >= 0.3 is 0 Å². The largest absolute Gasteiger partial charge is 0.368 e. The Balaban J connectivity index is 0. The molecule has 0 aromatic heterocycles. The Bertz CT molecular complexity index is 885. The minimum Gasteiger partial charge on any atom is -0.368 e. The molecule has 0 radical (unpaired) electrons. The lowest BCUT2D eigenvalue weighted by Crippen LogP contribution is -2.47. The van der Waals surface area contributed by atoms with Crippen LogP contribution in [-0.2, 0) is 9.59 Å². The fourth-order valence-electron chi connectivity index (χ4n) is 2.59. The maximum Gasteiger partial charge on any atom is 0.251 e. The lowest BCUT2D eigenvalue weighted by molar-refractivity contribution is -0.120. The van der Waals surface area contributed by atoms with Crippen molar-refractivity contribution in [3.05, 3.63) is 71.8 Å². The molecule has 8 heteroatoms. The molecule has 1 unspecified atom stereocenters. The fourth-order valence-corrected chi connectivity index (χ4v) is 2.59. The molecule has 206 valence electrons. The molecule has 2 aromatic rings. The number of primary amides is 2. The average molecular weight is 515 g/mol. The molecule has 37 heavy (non-hydrogen) atoms. The first kappa shape index (κ1) is 35.5. The van der Waals surface area contributed by atoms with Crippen molar-refractivity contribution >= 4 is 23.6 Å². The van der Waals surface area contributed by atoms with Crippen molar-refractivity contribution in [2.45, 2.75) is 73.3 Å². The third-order valence-electron chi connectivity index (χ3n) is 4.46. The molecular weight excluding hydrogens is 468 g/mol. The van der Waals surface area contributed by atoms with Crippen LogP contribution in [0, 0.1) is 5.92 Å². The Labute approximate surface area is 222 Å². The van der Waals surface area contributed by atoms with Crippen molar-refractivity contribution in [1.82, 2.24) is 10.6 Å². The first-order chi connectivity index (χ1) is 17.5. The summed E-state index contributed by atoms with van der Waals surface area (Å²) in [6.45, 7) is 12.2. The summed E-state index contributed by atoms with van der Waals surface area (Å²) in [7, 11) is 0. The maximum absolute atomic E-state index is 11.7. The highest BCUT2D eigenvalue weighted by Gasteiger charge is 2.21. The van der Waals surface area contributed by atoms with Crippen molar-refractivity contribution in [2.75, 3.05) is 6.54 Å². The molecule has 0 aliphatic rings. The zero-order valence-corrected chi connectivity index (χ0v) is 23.3. The van der Waals surface area contributed by atoms with Gasteiger partial charge in [-0.05, 0) is 30.2 Å². The summed E-state index contributed by atoms with van der Waals surface area (Å²) in [5, 5.41) is 5.00. The molecule has 0 aliphatic carbocycles. The molecule has 0 heterocycles. The van der Waals surface area contributed by atoms with Crippen LogP contribution in [0.1, 0.15) is 87.9 Å². The average Bonchev–Trinajstić information content (AvgIpc) is 2.88. The zero-order chi connectivity index (χ0) is 28.6. The van der Waals surface area contributed by atoms with Gasteiger partial charge in [-0.25, -0.2) is 0 Å².